The number of carbonyl (C=O) groups is 1. The highest BCUT2D eigenvalue weighted by Gasteiger charge is 2.26. The molecule has 1 fully saturated rings. The third-order valence-corrected chi connectivity index (χ3v) is 3.95. The first kappa shape index (κ1) is 14.4. The Bertz CT molecular complexity index is 515. The normalized spacial score (nSPS) is 23.6. The van der Waals surface area contributed by atoms with Crippen molar-refractivity contribution in [1.29, 1.82) is 0 Å². The fourth-order valence-electron chi connectivity index (χ4n) is 2.57. The number of aromatic nitrogens is 2. The van der Waals surface area contributed by atoms with Gasteiger partial charge in [0, 0.05) is 13.0 Å². The summed E-state index contributed by atoms with van der Waals surface area (Å²) in [5, 5.41) is 18.6. The van der Waals surface area contributed by atoms with Gasteiger partial charge < -0.3 is 16.3 Å². The number of oxime groups is 1. The van der Waals surface area contributed by atoms with E-state index in [0.717, 1.165) is 25.7 Å². The van der Waals surface area contributed by atoms with Gasteiger partial charge in [-0.2, -0.15) is 5.10 Å². The third-order valence-electron chi connectivity index (χ3n) is 3.95. The molecule has 4 N–H and O–H groups in total. The minimum absolute atomic E-state index is 0.0208. The van der Waals surface area contributed by atoms with Gasteiger partial charge in [-0.1, -0.05) is 12.1 Å². The van der Waals surface area contributed by atoms with Gasteiger partial charge in [-0.05, 0) is 31.6 Å². The number of nitrogens with one attached hydrogen (secondary N) is 1. The van der Waals surface area contributed by atoms with Crippen molar-refractivity contribution >= 4 is 17.6 Å². The van der Waals surface area contributed by atoms with Crippen molar-refractivity contribution in [3.8, 4) is 0 Å². The average molecular weight is 279 g/mol. The second-order valence-corrected chi connectivity index (χ2v) is 5.46. The summed E-state index contributed by atoms with van der Waals surface area (Å²) in [6.07, 6.45) is 5.44. The lowest BCUT2D eigenvalue weighted by Gasteiger charge is -2.25. The Morgan fingerprint density at radius 3 is 2.75 bits per heavy atom. The number of amides is 1. The van der Waals surface area contributed by atoms with E-state index >= 15 is 0 Å². The number of amidine groups is 1. The van der Waals surface area contributed by atoms with Crippen LogP contribution in [0.1, 0.15) is 38.2 Å². The molecule has 7 nitrogen and oxygen atoms in total. The van der Waals surface area contributed by atoms with Gasteiger partial charge in [0.15, 0.2) is 5.84 Å². The molecule has 110 valence electrons. The molecule has 0 atom stereocenters. The molecular weight excluding hydrogens is 258 g/mol. The van der Waals surface area contributed by atoms with Crippen molar-refractivity contribution in [1.82, 2.24) is 9.78 Å². The molecule has 0 bridgehead atoms. The fraction of sp³-hybridized carbons (Fsp3) is 0.615. The van der Waals surface area contributed by atoms with Crippen LogP contribution >= 0.6 is 0 Å². The zero-order chi connectivity index (χ0) is 14.7. The smallest absolute Gasteiger partial charge is 0.228 e. The van der Waals surface area contributed by atoms with E-state index in [4.69, 9.17) is 10.9 Å². The van der Waals surface area contributed by atoms with Crippen LogP contribution in [-0.4, -0.2) is 26.7 Å². The Labute approximate surface area is 117 Å². The molecule has 1 saturated carbocycles. The van der Waals surface area contributed by atoms with Gasteiger partial charge in [0.1, 0.15) is 5.82 Å². The van der Waals surface area contributed by atoms with Gasteiger partial charge >= 0.3 is 0 Å². The number of aryl methyl sites for hydroxylation is 1. The van der Waals surface area contributed by atoms with Crippen LogP contribution in [0.25, 0.3) is 0 Å². The van der Waals surface area contributed by atoms with Gasteiger partial charge in [0.2, 0.25) is 5.91 Å². The topological polar surface area (TPSA) is 106 Å². The Balaban J connectivity index is 2.10. The number of nitrogens with two attached hydrogens (primary N) is 1. The number of hydrogen-bond acceptors (Lipinski definition) is 4. The molecule has 1 heterocycles. The largest absolute Gasteiger partial charge is 0.409 e. The maximum absolute atomic E-state index is 12.3. The van der Waals surface area contributed by atoms with Crippen LogP contribution in [0.2, 0.25) is 0 Å². The van der Waals surface area contributed by atoms with Gasteiger partial charge in [-0.25, -0.2) is 0 Å². The van der Waals surface area contributed by atoms with Crippen molar-refractivity contribution in [3.05, 3.63) is 11.8 Å². The van der Waals surface area contributed by atoms with Crippen LogP contribution in [0.15, 0.2) is 11.4 Å². The summed E-state index contributed by atoms with van der Waals surface area (Å²) in [7, 11) is 1.70. The van der Waals surface area contributed by atoms with E-state index in [1.54, 1.807) is 7.05 Å². The predicted molar refractivity (Wildman–Crippen MR) is 75.5 cm³/mol. The minimum atomic E-state index is -0.0642. The maximum atomic E-state index is 12.3. The van der Waals surface area contributed by atoms with Gasteiger partial charge in [-0.15, -0.1) is 0 Å². The monoisotopic (exact) mass is 279 g/mol. The number of carbonyl (C=O) groups excluding carboxylic acids is 1. The molecule has 0 radical (unpaired) electrons. The van der Waals surface area contributed by atoms with Crippen molar-refractivity contribution in [2.45, 2.75) is 32.6 Å². The second-order valence-electron chi connectivity index (χ2n) is 5.46. The molecule has 1 amide bonds. The van der Waals surface area contributed by atoms with Crippen molar-refractivity contribution in [2.75, 3.05) is 5.32 Å². The molecule has 1 aliphatic rings. The second kappa shape index (κ2) is 5.94. The molecular formula is C13H21N5O2. The third kappa shape index (κ3) is 2.92. The lowest BCUT2D eigenvalue weighted by molar-refractivity contribution is -0.121. The summed E-state index contributed by atoms with van der Waals surface area (Å²) >= 11 is 0. The molecule has 20 heavy (non-hydrogen) atoms. The lowest BCUT2D eigenvalue weighted by atomic mass is 9.82. The molecule has 1 aromatic heterocycles. The van der Waals surface area contributed by atoms with Crippen LogP contribution in [0.4, 0.5) is 5.82 Å². The molecule has 0 spiro atoms. The summed E-state index contributed by atoms with van der Waals surface area (Å²) in [5.41, 5.74) is 6.00. The molecule has 0 aliphatic heterocycles. The fourth-order valence-corrected chi connectivity index (χ4v) is 2.57. The van der Waals surface area contributed by atoms with Crippen LogP contribution in [-0.2, 0) is 11.8 Å². The van der Waals surface area contributed by atoms with E-state index in [1.807, 2.05) is 0 Å². The summed E-state index contributed by atoms with van der Waals surface area (Å²) in [6, 6.07) is 0. The van der Waals surface area contributed by atoms with Crippen LogP contribution in [0.5, 0.6) is 0 Å². The number of anilines is 1. The van der Waals surface area contributed by atoms with Gasteiger partial charge in [-0.3, -0.25) is 9.48 Å². The number of hydrogen-bond donors (Lipinski definition) is 3. The SMILES string of the molecule is CC1CCC(C(=O)Nc2c(C(N)=NO)cnn2C)CC1. The highest BCUT2D eigenvalue weighted by atomic mass is 16.4. The zero-order valence-electron chi connectivity index (χ0n) is 11.8. The summed E-state index contributed by atoms with van der Waals surface area (Å²) in [4.78, 5) is 12.3. The van der Waals surface area contributed by atoms with E-state index in [9.17, 15) is 4.79 Å². The van der Waals surface area contributed by atoms with E-state index < -0.39 is 0 Å². The summed E-state index contributed by atoms with van der Waals surface area (Å²) in [5.74, 6) is 1.10. The summed E-state index contributed by atoms with van der Waals surface area (Å²) < 4.78 is 1.51. The molecule has 7 heteroatoms. The number of rotatable bonds is 3. The van der Waals surface area contributed by atoms with E-state index in [-0.39, 0.29) is 17.7 Å². The molecule has 1 aliphatic carbocycles. The number of nitrogens with zero attached hydrogens (tertiary/aromatic N) is 3. The van der Waals surface area contributed by atoms with Crippen molar-refractivity contribution < 1.29 is 10.0 Å². The molecule has 0 aromatic carbocycles. The Morgan fingerprint density at radius 2 is 2.15 bits per heavy atom. The Kier molecular flexibility index (Phi) is 4.26. The average Bonchev–Trinajstić information content (AvgIpc) is 2.80. The van der Waals surface area contributed by atoms with Gasteiger partial charge in [0.25, 0.3) is 0 Å². The Morgan fingerprint density at radius 1 is 1.50 bits per heavy atom. The quantitative estimate of drug-likeness (QED) is 0.335. The molecule has 0 saturated heterocycles. The molecule has 0 unspecified atom stereocenters. The van der Waals surface area contributed by atoms with E-state index in [2.05, 4.69) is 22.5 Å². The van der Waals surface area contributed by atoms with Crippen LogP contribution in [0, 0.1) is 11.8 Å². The standard InChI is InChI=1S/C13H21N5O2/c1-8-3-5-9(6-4-8)13(19)16-12-10(11(14)17-20)7-15-18(12)2/h7-9,20H,3-6H2,1-2H3,(H2,14,17)(H,16,19). The Hall–Kier alpha value is -2.05. The van der Waals surface area contributed by atoms with E-state index in [0.29, 0.717) is 17.3 Å². The lowest BCUT2D eigenvalue weighted by Crippen LogP contribution is -2.28. The first-order valence-corrected chi connectivity index (χ1v) is 6.83. The van der Waals surface area contributed by atoms with Gasteiger partial charge in [0.05, 0.1) is 11.8 Å². The van der Waals surface area contributed by atoms with E-state index in [1.165, 1.54) is 10.9 Å². The van der Waals surface area contributed by atoms with Crippen molar-refractivity contribution in [3.63, 3.8) is 0 Å². The zero-order valence-corrected chi connectivity index (χ0v) is 11.8. The highest BCUT2D eigenvalue weighted by Crippen LogP contribution is 2.29. The first-order valence-electron chi connectivity index (χ1n) is 6.83. The minimum Gasteiger partial charge on any atom is -0.409 e. The highest BCUT2D eigenvalue weighted by molar-refractivity contribution is 6.04. The maximum Gasteiger partial charge on any atom is 0.228 e. The van der Waals surface area contributed by atoms with Crippen LogP contribution < -0.4 is 11.1 Å². The van der Waals surface area contributed by atoms with Crippen molar-refractivity contribution in [2.24, 2.45) is 29.8 Å². The summed E-state index contributed by atoms with van der Waals surface area (Å²) in [6.45, 7) is 2.21. The molecule has 1 aromatic rings. The predicted octanol–water partition coefficient (Wildman–Crippen LogP) is 1.28. The molecule has 2 rings (SSSR count). The van der Waals surface area contributed by atoms with Crippen LogP contribution in [0.3, 0.4) is 0 Å². The first-order chi connectivity index (χ1) is 9.52.